The lowest BCUT2D eigenvalue weighted by Gasteiger charge is -2.32. The first-order valence-corrected chi connectivity index (χ1v) is 16.7. The van der Waals surface area contributed by atoms with Crippen LogP contribution in [0.3, 0.4) is 0 Å². The van der Waals surface area contributed by atoms with E-state index in [4.69, 9.17) is 9.47 Å². The number of alkyl carbamates (subject to hydrolysis) is 1. The van der Waals surface area contributed by atoms with E-state index in [-0.39, 0.29) is 54.5 Å². The Morgan fingerprint density at radius 3 is 2.27 bits per heavy atom. The number of aromatic nitrogens is 1. The van der Waals surface area contributed by atoms with E-state index in [9.17, 15) is 31.9 Å². The van der Waals surface area contributed by atoms with Crippen LogP contribution in [0.2, 0.25) is 0 Å². The maximum absolute atomic E-state index is 15.1. The Kier molecular flexibility index (Phi) is 12.7. The van der Waals surface area contributed by atoms with Gasteiger partial charge in [-0.05, 0) is 87.9 Å². The third-order valence-corrected chi connectivity index (χ3v) is 8.54. The molecule has 0 spiro atoms. The van der Waals surface area contributed by atoms with Crippen molar-refractivity contribution >= 4 is 28.7 Å². The molecule has 1 fully saturated rings. The van der Waals surface area contributed by atoms with E-state index in [0.29, 0.717) is 37.1 Å². The zero-order valence-electron chi connectivity index (χ0n) is 29.6. The summed E-state index contributed by atoms with van der Waals surface area (Å²) in [7, 11) is 1.42. The Bertz CT molecular complexity index is 1710. The number of nitrogens with zero attached hydrogens (tertiary/aromatic N) is 2. The number of likely N-dealkylation sites (tertiary alicyclic amines) is 1. The number of alkyl halides is 3. The summed E-state index contributed by atoms with van der Waals surface area (Å²) < 4.78 is 85.6. The highest BCUT2D eigenvalue weighted by molar-refractivity contribution is 6.11. The van der Waals surface area contributed by atoms with Crippen LogP contribution in [0.1, 0.15) is 74.9 Å². The van der Waals surface area contributed by atoms with Crippen molar-refractivity contribution in [1.82, 2.24) is 20.1 Å². The van der Waals surface area contributed by atoms with Crippen LogP contribution in [-0.4, -0.2) is 78.6 Å². The number of hydrogen-bond donors (Lipinski definition) is 2. The molecular weight excluding hydrogens is 679 g/mol. The summed E-state index contributed by atoms with van der Waals surface area (Å²) in [4.78, 5) is 40.7. The van der Waals surface area contributed by atoms with Crippen molar-refractivity contribution in [1.29, 1.82) is 0 Å². The number of Topliss-reactive ketones (excluding diaryl/α,β-unsaturated/α-hetero) is 1. The molecule has 1 saturated heterocycles. The number of hydrogen-bond acceptors (Lipinski definition) is 7. The number of amides is 2. The highest BCUT2D eigenvalue weighted by Gasteiger charge is 2.34. The fourth-order valence-electron chi connectivity index (χ4n) is 6.14. The molecule has 1 unspecified atom stereocenters. The third-order valence-electron chi connectivity index (χ3n) is 8.54. The van der Waals surface area contributed by atoms with Crippen LogP contribution in [0, 0.1) is 17.6 Å². The van der Waals surface area contributed by atoms with Gasteiger partial charge < -0.3 is 29.4 Å². The number of carbonyl (C=O) groups excluding carboxylic acids is 3. The van der Waals surface area contributed by atoms with Crippen LogP contribution in [0.5, 0.6) is 5.75 Å². The second kappa shape index (κ2) is 16.4. The quantitative estimate of drug-likeness (QED) is 0.149. The van der Waals surface area contributed by atoms with E-state index in [0.717, 1.165) is 12.1 Å². The standard InChI is InChI=1S/C36H45F5N4O6/c1-21(2)31(43-34(48)51-35(3,4)5)33(47)42-18-22-7-8-26(37)24(17-22)23-11-13-44(14-12-23)20-28(46)25-19-45(15-16-49-6)32-27(38)9-10-29(30(25)32)50-36(39,40)41/h7-10,17,19,21,23,31H,11-16,18,20H2,1-6H3,(H,42,47)(H,43,48). The minimum Gasteiger partial charge on any atom is -0.444 e. The summed E-state index contributed by atoms with van der Waals surface area (Å²) in [6.07, 6.45) is -3.47. The molecule has 15 heteroatoms. The van der Waals surface area contributed by atoms with Crippen LogP contribution in [-0.2, 0) is 27.4 Å². The van der Waals surface area contributed by atoms with E-state index in [1.807, 2.05) is 4.90 Å². The van der Waals surface area contributed by atoms with Gasteiger partial charge in [-0.15, -0.1) is 13.2 Å². The van der Waals surface area contributed by atoms with E-state index in [2.05, 4.69) is 15.4 Å². The van der Waals surface area contributed by atoms with Crippen molar-refractivity contribution < 1.29 is 50.5 Å². The van der Waals surface area contributed by atoms with E-state index < -0.39 is 53.2 Å². The van der Waals surface area contributed by atoms with Gasteiger partial charge in [-0.3, -0.25) is 14.5 Å². The van der Waals surface area contributed by atoms with Gasteiger partial charge >= 0.3 is 12.5 Å². The summed E-state index contributed by atoms with van der Waals surface area (Å²) in [5, 5.41) is 5.14. The number of piperidine rings is 1. The van der Waals surface area contributed by atoms with E-state index in [1.165, 1.54) is 23.9 Å². The summed E-state index contributed by atoms with van der Waals surface area (Å²) in [6, 6.07) is 5.47. The number of halogens is 5. The topological polar surface area (TPSA) is 111 Å². The van der Waals surface area contributed by atoms with Gasteiger partial charge in [-0.25, -0.2) is 13.6 Å². The molecule has 3 aromatic rings. The number of nitrogens with one attached hydrogen (secondary N) is 2. The van der Waals surface area contributed by atoms with Gasteiger partial charge in [0.1, 0.15) is 29.0 Å². The number of benzene rings is 2. The molecule has 4 rings (SSSR count). The maximum atomic E-state index is 15.1. The van der Waals surface area contributed by atoms with Crippen LogP contribution in [0.4, 0.5) is 26.7 Å². The minimum absolute atomic E-state index is 0.0909. The first-order valence-electron chi connectivity index (χ1n) is 16.7. The molecule has 1 aliphatic rings. The lowest BCUT2D eigenvalue weighted by Crippen LogP contribution is -2.50. The van der Waals surface area contributed by atoms with Crippen molar-refractivity contribution in [3.8, 4) is 5.75 Å². The zero-order chi connectivity index (χ0) is 37.7. The molecule has 2 heterocycles. The Morgan fingerprint density at radius 1 is 1.00 bits per heavy atom. The van der Waals surface area contributed by atoms with E-state index >= 15 is 4.39 Å². The van der Waals surface area contributed by atoms with E-state index in [1.54, 1.807) is 46.8 Å². The first kappa shape index (κ1) is 39.5. The van der Waals surface area contributed by atoms with Crippen molar-refractivity contribution in [2.75, 3.05) is 33.4 Å². The molecule has 10 nitrogen and oxygen atoms in total. The SMILES string of the molecule is COCCn1cc(C(=O)CN2CCC(c3cc(CNC(=O)C(NC(=O)OC(C)(C)C)C(C)C)ccc3F)CC2)c2c(OC(F)(F)F)ccc(F)c21. The van der Waals surface area contributed by atoms with Crippen molar-refractivity contribution in [3.63, 3.8) is 0 Å². The molecule has 1 aliphatic heterocycles. The Hall–Kier alpha value is -4.24. The van der Waals surface area contributed by atoms with Crippen molar-refractivity contribution in [3.05, 3.63) is 64.9 Å². The number of fused-ring (bicyclic) bond motifs is 1. The average molecular weight is 725 g/mol. The molecule has 2 N–H and O–H groups in total. The van der Waals surface area contributed by atoms with Crippen LogP contribution in [0.25, 0.3) is 10.9 Å². The highest BCUT2D eigenvalue weighted by Crippen LogP contribution is 2.37. The lowest BCUT2D eigenvalue weighted by molar-refractivity contribution is -0.274. The van der Waals surface area contributed by atoms with Gasteiger partial charge in [0, 0.05) is 32.0 Å². The number of carbonyl (C=O) groups is 3. The molecule has 0 aliphatic carbocycles. The van der Waals surface area contributed by atoms with Crippen molar-refractivity contribution in [2.45, 2.75) is 84.5 Å². The van der Waals surface area contributed by atoms with Crippen LogP contribution < -0.4 is 15.4 Å². The summed E-state index contributed by atoms with van der Waals surface area (Å²) in [5.41, 5.74) is 0.0890. The Morgan fingerprint density at radius 2 is 1.67 bits per heavy atom. The predicted octanol–water partition coefficient (Wildman–Crippen LogP) is 6.69. The molecule has 2 aromatic carbocycles. The molecular formula is C36H45F5N4O6. The van der Waals surface area contributed by atoms with Crippen LogP contribution in [0.15, 0.2) is 36.5 Å². The fraction of sp³-hybridized carbons (Fsp3) is 0.528. The van der Waals surface area contributed by atoms with Gasteiger partial charge in [-0.1, -0.05) is 26.0 Å². The zero-order valence-corrected chi connectivity index (χ0v) is 29.6. The smallest absolute Gasteiger partial charge is 0.444 e. The number of methoxy groups -OCH3 is 1. The van der Waals surface area contributed by atoms with Gasteiger partial charge in [0.2, 0.25) is 5.91 Å². The van der Waals surface area contributed by atoms with Gasteiger partial charge in [0.25, 0.3) is 0 Å². The molecule has 2 amide bonds. The molecule has 51 heavy (non-hydrogen) atoms. The predicted molar refractivity (Wildman–Crippen MR) is 179 cm³/mol. The maximum Gasteiger partial charge on any atom is 0.573 e. The monoisotopic (exact) mass is 724 g/mol. The van der Waals surface area contributed by atoms with Gasteiger partial charge in [0.05, 0.1) is 24.1 Å². The highest BCUT2D eigenvalue weighted by atomic mass is 19.4. The molecule has 0 saturated carbocycles. The largest absolute Gasteiger partial charge is 0.573 e. The summed E-state index contributed by atoms with van der Waals surface area (Å²) in [5.74, 6) is -3.25. The minimum atomic E-state index is -5.06. The number of rotatable bonds is 13. The molecule has 280 valence electrons. The summed E-state index contributed by atoms with van der Waals surface area (Å²) >= 11 is 0. The number of ether oxygens (including phenoxy) is 3. The van der Waals surface area contributed by atoms with Crippen molar-refractivity contribution in [2.24, 2.45) is 5.92 Å². The Balaban J connectivity index is 1.42. The van der Waals surface area contributed by atoms with Gasteiger partial charge in [0.15, 0.2) is 5.78 Å². The average Bonchev–Trinajstić information content (AvgIpc) is 3.43. The van der Waals surface area contributed by atoms with Gasteiger partial charge in [-0.2, -0.15) is 0 Å². The molecule has 1 aromatic heterocycles. The third kappa shape index (κ3) is 10.6. The molecule has 0 bridgehead atoms. The Labute approximate surface area is 293 Å². The second-order valence-electron chi connectivity index (χ2n) is 14.0. The number of ketones is 1. The first-order chi connectivity index (χ1) is 23.9. The fourth-order valence-corrected chi connectivity index (χ4v) is 6.14. The lowest BCUT2D eigenvalue weighted by atomic mass is 9.88. The summed E-state index contributed by atoms with van der Waals surface area (Å²) in [6.45, 7) is 9.69. The molecule has 0 radical (unpaired) electrons. The molecule has 1 atom stereocenters. The second-order valence-corrected chi connectivity index (χ2v) is 14.0. The normalized spacial score (nSPS) is 15.2. The van der Waals surface area contributed by atoms with Crippen LogP contribution >= 0.6 is 0 Å².